The topological polar surface area (TPSA) is 77.4 Å². The Labute approximate surface area is 140 Å². The summed E-state index contributed by atoms with van der Waals surface area (Å²) in [7, 11) is 3.15. The quantitative estimate of drug-likeness (QED) is 0.846. The predicted octanol–water partition coefficient (Wildman–Crippen LogP) is 1.62. The van der Waals surface area contributed by atoms with Gasteiger partial charge in [-0.2, -0.15) is 0 Å². The second-order valence-electron chi connectivity index (χ2n) is 5.54. The number of carbonyl (C=O) groups is 2. The van der Waals surface area contributed by atoms with Crippen LogP contribution in [0.15, 0.2) is 35.1 Å². The fourth-order valence-corrected chi connectivity index (χ4v) is 2.38. The highest BCUT2D eigenvalue weighted by molar-refractivity contribution is 6.02. The van der Waals surface area contributed by atoms with Gasteiger partial charge in [0.05, 0.1) is 13.7 Å². The van der Waals surface area contributed by atoms with Gasteiger partial charge in [0.15, 0.2) is 5.78 Å². The van der Waals surface area contributed by atoms with Gasteiger partial charge in [-0.15, -0.1) is 0 Å². The number of pyridine rings is 1. The van der Waals surface area contributed by atoms with E-state index in [9.17, 15) is 14.4 Å². The van der Waals surface area contributed by atoms with Crippen molar-refractivity contribution in [3.8, 4) is 5.75 Å². The molecule has 1 aromatic heterocycles. The van der Waals surface area contributed by atoms with Crippen LogP contribution in [0.2, 0.25) is 0 Å². The molecule has 1 aromatic carbocycles. The van der Waals surface area contributed by atoms with Gasteiger partial charge in [-0.05, 0) is 49.7 Å². The average Bonchev–Trinajstić information content (AvgIpc) is 2.57. The van der Waals surface area contributed by atoms with Gasteiger partial charge < -0.3 is 14.6 Å². The molecule has 0 aliphatic carbocycles. The molecule has 0 aliphatic heterocycles. The van der Waals surface area contributed by atoms with E-state index in [2.05, 4.69) is 5.32 Å². The number of ether oxygens (including phenoxy) is 1. The summed E-state index contributed by atoms with van der Waals surface area (Å²) in [5.41, 5.74) is 1.51. The van der Waals surface area contributed by atoms with Crippen molar-refractivity contribution in [3.63, 3.8) is 0 Å². The number of aromatic nitrogens is 1. The zero-order valence-corrected chi connectivity index (χ0v) is 14.2. The Morgan fingerprint density at radius 1 is 1.17 bits per heavy atom. The Kier molecular flexibility index (Phi) is 5.18. The minimum absolute atomic E-state index is 0.0608. The van der Waals surface area contributed by atoms with Crippen LogP contribution >= 0.6 is 0 Å². The average molecular weight is 328 g/mol. The zero-order valence-electron chi connectivity index (χ0n) is 14.2. The van der Waals surface area contributed by atoms with E-state index in [1.54, 1.807) is 58.3 Å². The van der Waals surface area contributed by atoms with Crippen molar-refractivity contribution in [1.82, 2.24) is 9.88 Å². The Bertz CT molecular complexity index is 835. The van der Waals surface area contributed by atoms with E-state index in [1.807, 2.05) is 0 Å². The highest BCUT2D eigenvalue weighted by atomic mass is 16.5. The highest BCUT2D eigenvalue weighted by Gasteiger charge is 2.17. The largest absolute Gasteiger partial charge is 0.497 e. The third-order valence-electron chi connectivity index (χ3n) is 3.92. The number of hydrogen-bond acceptors (Lipinski definition) is 4. The Hall–Kier alpha value is -2.89. The second-order valence-corrected chi connectivity index (χ2v) is 5.54. The number of nitrogens with zero attached hydrogens (tertiary/aromatic N) is 1. The number of aryl methyl sites for hydroxylation is 2. The van der Waals surface area contributed by atoms with Crippen LogP contribution in [0.4, 0.5) is 0 Å². The number of Topliss-reactive ketones (excluding diaryl/α,β-unsaturated/α-hetero) is 1. The number of nitrogens with one attached hydrogen (secondary N) is 1. The lowest BCUT2D eigenvalue weighted by Gasteiger charge is -2.11. The number of hydrogen-bond donors (Lipinski definition) is 1. The van der Waals surface area contributed by atoms with E-state index in [0.29, 0.717) is 16.9 Å². The van der Waals surface area contributed by atoms with Crippen molar-refractivity contribution in [3.05, 3.63) is 63.1 Å². The van der Waals surface area contributed by atoms with E-state index in [0.717, 1.165) is 5.69 Å². The summed E-state index contributed by atoms with van der Waals surface area (Å²) in [4.78, 5) is 36.7. The van der Waals surface area contributed by atoms with Gasteiger partial charge in [-0.25, -0.2) is 0 Å². The molecule has 0 atom stereocenters. The summed E-state index contributed by atoms with van der Waals surface area (Å²) < 4.78 is 6.44. The van der Waals surface area contributed by atoms with Gasteiger partial charge in [-0.1, -0.05) is 0 Å². The maximum atomic E-state index is 12.3. The molecule has 0 bridgehead atoms. The Balaban J connectivity index is 2.12. The number of methoxy groups -OCH3 is 1. The molecule has 0 unspecified atom stereocenters. The van der Waals surface area contributed by atoms with Crippen LogP contribution in [0, 0.1) is 13.8 Å². The highest BCUT2D eigenvalue weighted by Crippen LogP contribution is 2.11. The maximum absolute atomic E-state index is 12.3. The molecule has 6 nitrogen and oxygen atoms in total. The Morgan fingerprint density at radius 3 is 2.38 bits per heavy atom. The summed E-state index contributed by atoms with van der Waals surface area (Å²) in [6.45, 7) is 3.32. The van der Waals surface area contributed by atoms with Gasteiger partial charge in [-0.3, -0.25) is 14.4 Å². The Morgan fingerprint density at radius 2 is 1.79 bits per heavy atom. The lowest BCUT2D eigenvalue weighted by atomic mass is 10.1. The first-order valence-electron chi connectivity index (χ1n) is 7.47. The smallest absolute Gasteiger partial charge is 0.263 e. The number of benzene rings is 1. The number of rotatable bonds is 5. The molecule has 0 aliphatic rings. The molecule has 0 fully saturated rings. The summed E-state index contributed by atoms with van der Waals surface area (Å²) >= 11 is 0. The van der Waals surface area contributed by atoms with E-state index in [4.69, 9.17) is 4.74 Å². The summed E-state index contributed by atoms with van der Waals surface area (Å²) in [6, 6.07) is 8.37. The lowest BCUT2D eigenvalue weighted by molar-refractivity contribution is 0.0902. The van der Waals surface area contributed by atoms with Gasteiger partial charge in [0.25, 0.3) is 11.5 Å². The van der Waals surface area contributed by atoms with Gasteiger partial charge in [0.1, 0.15) is 11.3 Å². The predicted molar refractivity (Wildman–Crippen MR) is 90.8 cm³/mol. The van der Waals surface area contributed by atoms with Crippen molar-refractivity contribution in [2.24, 2.45) is 7.05 Å². The van der Waals surface area contributed by atoms with Crippen LogP contribution in [-0.4, -0.2) is 29.9 Å². The zero-order chi connectivity index (χ0) is 17.9. The fourth-order valence-electron chi connectivity index (χ4n) is 2.38. The molecule has 2 aromatic rings. The van der Waals surface area contributed by atoms with Crippen LogP contribution in [0.5, 0.6) is 5.75 Å². The summed E-state index contributed by atoms with van der Waals surface area (Å²) in [5, 5.41) is 2.52. The van der Waals surface area contributed by atoms with Crippen molar-refractivity contribution >= 4 is 11.7 Å². The fraction of sp³-hybridized carbons (Fsp3) is 0.278. The molecular formula is C18H20N2O4. The summed E-state index contributed by atoms with van der Waals surface area (Å²) in [5.74, 6) is -0.142. The third kappa shape index (κ3) is 3.53. The molecule has 0 spiro atoms. The second kappa shape index (κ2) is 7.12. The van der Waals surface area contributed by atoms with Gasteiger partial charge in [0.2, 0.25) is 0 Å². The number of ketones is 1. The molecule has 0 saturated carbocycles. The van der Waals surface area contributed by atoms with E-state index >= 15 is 0 Å². The van der Waals surface area contributed by atoms with Crippen LogP contribution in [0.25, 0.3) is 0 Å². The van der Waals surface area contributed by atoms with Gasteiger partial charge in [0, 0.05) is 18.3 Å². The molecule has 1 N–H and O–H groups in total. The molecule has 1 heterocycles. The molecule has 126 valence electrons. The van der Waals surface area contributed by atoms with Crippen molar-refractivity contribution in [1.29, 1.82) is 0 Å². The molecular weight excluding hydrogens is 308 g/mol. The standard InChI is InChI=1S/C18H20N2O4/c1-11-9-12(2)20(3)18(23)16(11)17(22)19-10-15(21)13-5-7-14(24-4)8-6-13/h5-9H,10H2,1-4H3,(H,19,22). The van der Waals surface area contributed by atoms with Crippen LogP contribution in [0.3, 0.4) is 0 Å². The molecule has 2 rings (SSSR count). The molecule has 1 amide bonds. The maximum Gasteiger partial charge on any atom is 0.263 e. The molecule has 6 heteroatoms. The van der Waals surface area contributed by atoms with Crippen LogP contribution in [-0.2, 0) is 7.05 Å². The summed E-state index contributed by atoms with van der Waals surface area (Å²) in [6.07, 6.45) is 0. The van der Waals surface area contributed by atoms with Gasteiger partial charge >= 0.3 is 0 Å². The SMILES string of the molecule is COc1ccc(C(=O)CNC(=O)c2c(C)cc(C)n(C)c2=O)cc1. The third-order valence-corrected chi connectivity index (χ3v) is 3.92. The monoisotopic (exact) mass is 328 g/mol. The minimum atomic E-state index is -0.546. The number of carbonyl (C=O) groups excluding carboxylic acids is 2. The van der Waals surface area contributed by atoms with Crippen LogP contribution in [0.1, 0.15) is 32.0 Å². The van der Waals surface area contributed by atoms with Crippen molar-refractivity contribution in [2.75, 3.05) is 13.7 Å². The first kappa shape index (κ1) is 17.5. The first-order valence-corrected chi connectivity index (χ1v) is 7.47. The molecule has 0 saturated heterocycles. The molecule has 24 heavy (non-hydrogen) atoms. The number of amides is 1. The normalized spacial score (nSPS) is 10.3. The molecule has 0 radical (unpaired) electrons. The van der Waals surface area contributed by atoms with Crippen LogP contribution < -0.4 is 15.6 Å². The van der Waals surface area contributed by atoms with E-state index < -0.39 is 5.91 Å². The van der Waals surface area contributed by atoms with Crippen molar-refractivity contribution in [2.45, 2.75) is 13.8 Å². The van der Waals surface area contributed by atoms with E-state index in [1.165, 1.54) is 4.57 Å². The minimum Gasteiger partial charge on any atom is -0.497 e. The van der Waals surface area contributed by atoms with Crippen molar-refractivity contribution < 1.29 is 14.3 Å². The lowest BCUT2D eigenvalue weighted by Crippen LogP contribution is -2.36. The van der Waals surface area contributed by atoms with E-state index in [-0.39, 0.29) is 23.5 Å². The first-order chi connectivity index (χ1) is 11.3.